The van der Waals surface area contributed by atoms with E-state index in [1.54, 1.807) is 16.9 Å². The van der Waals surface area contributed by atoms with Crippen molar-refractivity contribution in [2.45, 2.75) is 32.2 Å². The van der Waals surface area contributed by atoms with Gasteiger partial charge in [0.05, 0.1) is 11.9 Å². The van der Waals surface area contributed by atoms with Crippen LogP contribution in [0.25, 0.3) is 5.69 Å². The normalized spacial score (nSPS) is 17.7. The Morgan fingerprint density at radius 2 is 2.12 bits per heavy atom. The van der Waals surface area contributed by atoms with Gasteiger partial charge < -0.3 is 10.6 Å². The van der Waals surface area contributed by atoms with Gasteiger partial charge >= 0.3 is 6.03 Å². The van der Waals surface area contributed by atoms with Gasteiger partial charge in [-0.2, -0.15) is 5.10 Å². The predicted octanol–water partition coefficient (Wildman–Crippen LogP) is 1.97. The highest BCUT2D eigenvalue weighted by Gasteiger charge is 2.22. The number of carbonyl (C=O) groups is 2. The van der Waals surface area contributed by atoms with Gasteiger partial charge in [-0.15, -0.1) is 0 Å². The fraction of sp³-hybridized carbons (Fsp3) is 0.353. The molecule has 0 unspecified atom stereocenters. The lowest BCUT2D eigenvalue weighted by molar-refractivity contribution is -0.122. The third kappa shape index (κ3) is 3.56. The molecular weight excluding hydrogens is 306 g/mol. The maximum atomic E-state index is 12.3. The third-order valence-corrected chi connectivity index (χ3v) is 4.07. The molecule has 0 radical (unpaired) electrons. The lowest BCUT2D eigenvalue weighted by atomic mass is 10.1. The summed E-state index contributed by atoms with van der Waals surface area (Å²) in [7, 11) is 0. The van der Waals surface area contributed by atoms with Gasteiger partial charge in [0.1, 0.15) is 11.9 Å². The fourth-order valence-electron chi connectivity index (χ4n) is 2.78. The number of aryl methyl sites for hydroxylation is 1. The van der Waals surface area contributed by atoms with Crippen molar-refractivity contribution >= 4 is 17.8 Å². The highest BCUT2D eigenvalue weighted by molar-refractivity contribution is 5.93. The molecule has 1 aromatic carbocycles. The van der Waals surface area contributed by atoms with Crippen molar-refractivity contribution in [3.8, 4) is 5.69 Å². The van der Waals surface area contributed by atoms with E-state index in [1.165, 1.54) is 0 Å². The van der Waals surface area contributed by atoms with Crippen molar-refractivity contribution in [3.05, 3.63) is 42.1 Å². The Kier molecular flexibility index (Phi) is 4.79. The average Bonchev–Trinajstić information content (AvgIpc) is 2.91. The number of hydrogen-bond acceptors (Lipinski definition) is 3. The highest BCUT2D eigenvalue weighted by atomic mass is 16.2. The summed E-state index contributed by atoms with van der Waals surface area (Å²) in [5.74, 6) is 0.422. The molecule has 1 atom stereocenters. The molecule has 3 N–H and O–H groups in total. The molecule has 7 heteroatoms. The summed E-state index contributed by atoms with van der Waals surface area (Å²) >= 11 is 0. The Morgan fingerprint density at radius 3 is 2.96 bits per heavy atom. The average molecular weight is 327 g/mol. The van der Waals surface area contributed by atoms with E-state index in [-0.39, 0.29) is 5.91 Å². The molecule has 1 aromatic heterocycles. The molecule has 1 aliphatic heterocycles. The van der Waals surface area contributed by atoms with E-state index in [0.29, 0.717) is 18.8 Å². The predicted molar refractivity (Wildman–Crippen MR) is 91.1 cm³/mol. The van der Waals surface area contributed by atoms with Gasteiger partial charge in [-0.05, 0) is 37.8 Å². The van der Waals surface area contributed by atoms with Crippen LogP contribution in [-0.2, 0) is 4.79 Å². The van der Waals surface area contributed by atoms with Crippen LogP contribution in [-0.4, -0.2) is 34.3 Å². The Morgan fingerprint density at radius 1 is 1.29 bits per heavy atom. The molecule has 3 amide bonds. The van der Waals surface area contributed by atoms with E-state index < -0.39 is 12.1 Å². The topological polar surface area (TPSA) is 88.1 Å². The number of aromatic nitrogens is 2. The lowest BCUT2D eigenvalue weighted by Gasteiger charge is -2.16. The first-order chi connectivity index (χ1) is 11.6. The molecule has 3 rings (SSSR count). The van der Waals surface area contributed by atoms with Crippen LogP contribution in [0.15, 0.2) is 36.5 Å². The van der Waals surface area contributed by atoms with Gasteiger partial charge in [0.25, 0.3) is 0 Å². The summed E-state index contributed by atoms with van der Waals surface area (Å²) in [6.45, 7) is 2.65. The first kappa shape index (κ1) is 16.0. The van der Waals surface area contributed by atoms with E-state index in [2.05, 4.69) is 21.0 Å². The van der Waals surface area contributed by atoms with Gasteiger partial charge in [-0.1, -0.05) is 18.2 Å². The molecule has 0 bridgehead atoms. The van der Waals surface area contributed by atoms with Crippen LogP contribution in [0.4, 0.5) is 10.6 Å². The minimum atomic E-state index is -0.498. The molecule has 24 heavy (non-hydrogen) atoms. The second kappa shape index (κ2) is 7.16. The first-order valence-corrected chi connectivity index (χ1v) is 8.10. The summed E-state index contributed by atoms with van der Waals surface area (Å²) in [4.78, 5) is 24.2. The summed E-state index contributed by atoms with van der Waals surface area (Å²) in [6, 6.07) is 8.60. The standard InChI is InChI=1S/C17H21N5O2/c1-12-6-2-3-8-14(12)22-15(9-11-19-22)21-17(24)20-13-7-4-5-10-18-16(13)23/h2-3,6,8-9,11,13H,4-5,7,10H2,1H3,(H,18,23)(H2,20,21,24)/t13-/m1/s1. The summed E-state index contributed by atoms with van der Waals surface area (Å²) in [5, 5.41) is 12.6. The second-order valence-electron chi connectivity index (χ2n) is 5.85. The van der Waals surface area contributed by atoms with E-state index in [0.717, 1.165) is 24.1 Å². The van der Waals surface area contributed by atoms with Crippen molar-refractivity contribution in [2.24, 2.45) is 0 Å². The molecule has 1 aliphatic rings. The van der Waals surface area contributed by atoms with Crippen LogP contribution in [0.1, 0.15) is 24.8 Å². The molecule has 2 heterocycles. The molecule has 1 saturated heterocycles. The number of anilines is 1. The summed E-state index contributed by atoms with van der Waals surface area (Å²) in [5.41, 5.74) is 1.94. The van der Waals surface area contributed by atoms with Crippen LogP contribution in [0, 0.1) is 6.92 Å². The Bertz CT molecular complexity index is 740. The molecule has 1 fully saturated rings. The summed E-state index contributed by atoms with van der Waals surface area (Å²) < 4.78 is 1.67. The number of nitrogens with one attached hydrogen (secondary N) is 3. The highest BCUT2D eigenvalue weighted by Crippen LogP contribution is 2.18. The van der Waals surface area contributed by atoms with Crippen LogP contribution < -0.4 is 16.0 Å². The van der Waals surface area contributed by atoms with E-state index in [1.807, 2.05) is 31.2 Å². The Hall–Kier alpha value is -2.83. The zero-order chi connectivity index (χ0) is 16.9. The van der Waals surface area contributed by atoms with Crippen LogP contribution in [0.3, 0.4) is 0 Å². The number of rotatable bonds is 3. The number of para-hydroxylation sites is 1. The number of carbonyl (C=O) groups excluding carboxylic acids is 2. The number of benzene rings is 1. The SMILES string of the molecule is Cc1ccccc1-n1nccc1NC(=O)N[C@@H]1CCCCNC1=O. The van der Waals surface area contributed by atoms with Crippen molar-refractivity contribution in [1.82, 2.24) is 20.4 Å². The van der Waals surface area contributed by atoms with E-state index >= 15 is 0 Å². The Balaban J connectivity index is 1.71. The number of hydrogen-bond donors (Lipinski definition) is 3. The van der Waals surface area contributed by atoms with Crippen LogP contribution in [0.5, 0.6) is 0 Å². The van der Waals surface area contributed by atoms with Crippen molar-refractivity contribution in [2.75, 3.05) is 11.9 Å². The zero-order valence-corrected chi connectivity index (χ0v) is 13.6. The molecule has 0 spiro atoms. The number of nitrogens with zero attached hydrogens (tertiary/aromatic N) is 2. The van der Waals surface area contributed by atoms with E-state index in [9.17, 15) is 9.59 Å². The van der Waals surface area contributed by atoms with Crippen LogP contribution >= 0.6 is 0 Å². The van der Waals surface area contributed by atoms with Crippen molar-refractivity contribution in [3.63, 3.8) is 0 Å². The number of urea groups is 1. The quantitative estimate of drug-likeness (QED) is 0.805. The lowest BCUT2D eigenvalue weighted by Crippen LogP contribution is -2.47. The molecule has 0 aliphatic carbocycles. The van der Waals surface area contributed by atoms with Crippen LogP contribution in [0.2, 0.25) is 0 Å². The van der Waals surface area contributed by atoms with E-state index in [4.69, 9.17) is 0 Å². The van der Waals surface area contributed by atoms with Gasteiger partial charge in [0.2, 0.25) is 5.91 Å². The third-order valence-electron chi connectivity index (χ3n) is 4.07. The molecule has 126 valence electrons. The molecule has 7 nitrogen and oxygen atoms in total. The number of amides is 3. The maximum absolute atomic E-state index is 12.3. The monoisotopic (exact) mass is 327 g/mol. The van der Waals surface area contributed by atoms with Gasteiger partial charge in [0.15, 0.2) is 0 Å². The first-order valence-electron chi connectivity index (χ1n) is 8.10. The summed E-state index contributed by atoms with van der Waals surface area (Å²) in [6.07, 6.45) is 4.12. The minimum absolute atomic E-state index is 0.130. The second-order valence-corrected chi connectivity index (χ2v) is 5.85. The molecule has 2 aromatic rings. The zero-order valence-electron chi connectivity index (χ0n) is 13.6. The maximum Gasteiger partial charge on any atom is 0.321 e. The minimum Gasteiger partial charge on any atom is -0.354 e. The largest absolute Gasteiger partial charge is 0.354 e. The smallest absolute Gasteiger partial charge is 0.321 e. The van der Waals surface area contributed by atoms with Gasteiger partial charge in [-0.25, -0.2) is 9.48 Å². The molecule has 0 saturated carbocycles. The Labute approximate surface area is 140 Å². The van der Waals surface area contributed by atoms with Crippen molar-refractivity contribution in [1.29, 1.82) is 0 Å². The molecular formula is C17H21N5O2. The van der Waals surface area contributed by atoms with Crippen molar-refractivity contribution < 1.29 is 9.59 Å². The van der Waals surface area contributed by atoms with Gasteiger partial charge in [0, 0.05) is 12.6 Å². The van der Waals surface area contributed by atoms with Gasteiger partial charge in [-0.3, -0.25) is 10.1 Å². The fourth-order valence-corrected chi connectivity index (χ4v) is 2.78.